The largest absolute Gasteiger partial charge is 0.435 e. The molecular weight excluding hydrogens is 262 g/mol. The molecule has 0 saturated carbocycles. The Bertz CT molecular complexity index is 395. The van der Waals surface area contributed by atoms with Crippen LogP contribution in [0, 0.1) is 0 Å². The van der Waals surface area contributed by atoms with Gasteiger partial charge in [0.2, 0.25) is 0 Å². The summed E-state index contributed by atoms with van der Waals surface area (Å²) in [5, 5.41) is 0. The highest BCUT2D eigenvalue weighted by Crippen LogP contribution is 2.22. The third kappa shape index (κ3) is 4.42. The quantitative estimate of drug-likeness (QED) is 0.872. The maximum absolute atomic E-state index is 12.1. The van der Waals surface area contributed by atoms with Gasteiger partial charge in [0.1, 0.15) is 5.75 Å². The average Bonchev–Trinajstić information content (AvgIpc) is 2.43. The molecule has 0 bridgehead atoms. The molecule has 1 saturated heterocycles. The van der Waals surface area contributed by atoms with Gasteiger partial charge in [-0.1, -0.05) is 18.6 Å². The molecule has 0 aliphatic carbocycles. The number of piperidine rings is 1. The number of hydrogen-bond acceptors (Lipinski definition) is 3. The van der Waals surface area contributed by atoms with E-state index in [1.807, 2.05) is 12.1 Å². The van der Waals surface area contributed by atoms with E-state index in [9.17, 15) is 8.78 Å². The maximum atomic E-state index is 12.1. The van der Waals surface area contributed by atoms with E-state index in [0.29, 0.717) is 12.6 Å². The van der Waals surface area contributed by atoms with Gasteiger partial charge in [-0.05, 0) is 50.0 Å². The number of alkyl halides is 2. The summed E-state index contributed by atoms with van der Waals surface area (Å²) in [7, 11) is 0. The van der Waals surface area contributed by atoms with Crippen LogP contribution < -0.4 is 10.5 Å². The highest BCUT2D eigenvalue weighted by atomic mass is 19.3. The van der Waals surface area contributed by atoms with Crippen molar-refractivity contribution in [3.8, 4) is 5.75 Å². The van der Waals surface area contributed by atoms with Crippen molar-refractivity contribution >= 4 is 0 Å². The van der Waals surface area contributed by atoms with E-state index in [-0.39, 0.29) is 5.75 Å². The molecule has 1 heterocycles. The molecular formula is C15H22F2N2O. The minimum absolute atomic E-state index is 0.209. The Morgan fingerprint density at radius 2 is 2.00 bits per heavy atom. The van der Waals surface area contributed by atoms with Gasteiger partial charge in [0.15, 0.2) is 0 Å². The first-order valence-electron chi connectivity index (χ1n) is 7.17. The fourth-order valence-electron chi connectivity index (χ4n) is 2.80. The lowest BCUT2D eigenvalue weighted by Gasteiger charge is -2.35. The summed E-state index contributed by atoms with van der Waals surface area (Å²) in [6, 6.07) is 7.45. The lowest BCUT2D eigenvalue weighted by Crippen LogP contribution is -2.40. The molecule has 3 nitrogen and oxygen atoms in total. The van der Waals surface area contributed by atoms with E-state index < -0.39 is 6.61 Å². The Balaban J connectivity index is 1.94. The third-order valence-corrected chi connectivity index (χ3v) is 3.78. The second-order valence-electron chi connectivity index (χ2n) is 5.22. The Morgan fingerprint density at radius 1 is 1.25 bits per heavy atom. The Morgan fingerprint density at radius 3 is 2.65 bits per heavy atom. The lowest BCUT2D eigenvalue weighted by atomic mass is 9.98. The standard InChI is InChI=1S/C15H22F2N2O/c16-15(17)20-14-6-4-12(5-7-14)11-19-10-2-1-3-13(19)8-9-18/h4-7,13,15H,1-3,8-11,18H2. The van der Waals surface area contributed by atoms with Gasteiger partial charge in [-0.25, -0.2) is 0 Å². The van der Waals surface area contributed by atoms with Crippen LogP contribution in [0.25, 0.3) is 0 Å². The summed E-state index contributed by atoms with van der Waals surface area (Å²) in [5.74, 6) is 0.209. The summed E-state index contributed by atoms with van der Waals surface area (Å²) in [6.45, 7) is -0.126. The number of ether oxygens (including phenoxy) is 1. The topological polar surface area (TPSA) is 38.5 Å². The van der Waals surface area contributed by atoms with E-state index >= 15 is 0 Å². The maximum Gasteiger partial charge on any atom is 0.387 e. The molecule has 112 valence electrons. The molecule has 2 rings (SSSR count). The molecule has 1 fully saturated rings. The zero-order valence-electron chi connectivity index (χ0n) is 11.6. The predicted molar refractivity (Wildman–Crippen MR) is 74.8 cm³/mol. The van der Waals surface area contributed by atoms with E-state index in [2.05, 4.69) is 9.64 Å². The van der Waals surface area contributed by atoms with Gasteiger partial charge in [0.05, 0.1) is 0 Å². The molecule has 0 radical (unpaired) electrons. The van der Waals surface area contributed by atoms with Crippen molar-refractivity contribution in [1.82, 2.24) is 4.90 Å². The number of nitrogens with zero attached hydrogens (tertiary/aromatic N) is 1. The summed E-state index contributed by atoms with van der Waals surface area (Å²) in [4.78, 5) is 2.44. The van der Waals surface area contributed by atoms with Crippen molar-refractivity contribution < 1.29 is 13.5 Å². The molecule has 20 heavy (non-hydrogen) atoms. The normalized spacial score (nSPS) is 20.3. The molecule has 0 aromatic heterocycles. The van der Waals surface area contributed by atoms with Crippen LogP contribution >= 0.6 is 0 Å². The summed E-state index contributed by atoms with van der Waals surface area (Å²) >= 11 is 0. The lowest BCUT2D eigenvalue weighted by molar-refractivity contribution is -0.0498. The van der Waals surface area contributed by atoms with Gasteiger partial charge < -0.3 is 10.5 Å². The molecule has 5 heteroatoms. The van der Waals surface area contributed by atoms with Gasteiger partial charge in [0, 0.05) is 12.6 Å². The zero-order chi connectivity index (χ0) is 14.4. The fraction of sp³-hybridized carbons (Fsp3) is 0.600. The minimum atomic E-state index is -2.77. The molecule has 2 N–H and O–H groups in total. The summed E-state index contributed by atoms with van der Waals surface area (Å²) in [5.41, 5.74) is 6.79. The van der Waals surface area contributed by atoms with Crippen LogP contribution in [-0.4, -0.2) is 30.6 Å². The van der Waals surface area contributed by atoms with Crippen molar-refractivity contribution in [2.24, 2.45) is 5.73 Å². The second-order valence-corrected chi connectivity index (χ2v) is 5.22. The van der Waals surface area contributed by atoms with Gasteiger partial charge in [-0.3, -0.25) is 4.90 Å². The van der Waals surface area contributed by atoms with E-state index in [0.717, 1.165) is 25.1 Å². The number of halogens is 2. The van der Waals surface area contributed by atoms with E-state index in [1.54, 1.807) is 12.1 Å². The van der Waals surface area contributed by atoms with Crippen LogP contribution in [0.15, 0.2) is 24.3 Å². The van der Waals surface area contributed by atoms with Crippen molar-refractivity contribution in [3.63, 3.8) is 0 Å². The number of likely N-dealkylation sites (tertiary alicyclic amines) is 1. The Kier molecular flexibility index (Phi) is 5.73. The molecule has 1 aliphatic heterocycles. The zero-order valence-corrected chi connectivity index (χ0v) is 11.6. The van der Waals surface area contributed by atoms with Crippen LogP contribution in [-0.2, 0) is 6.54 Å². The first-order valence-corrected chi connectivity index (χ1v) is 7.17. The van der Waals surface area contributed by atoms with Crippen LogP contribution in [0.5, 0.6) is 5.75 Å². The third-order valence-electron chi connectivity index (χ3n) is 3.78. The molecule has 1 aliphatic rings. The van der Waals surface area contributed by atoms with E-state index in [4.69, 9.17) is 5.73 Å². The highest BCUT2D eigenvalue weighted by Gasteiger charge is 2.21. The van der Waals surface area contributed by atoms with Crippen molar-refractivity contribution in [1.29, 1.82) is 0 Å². The first kappa shape index (κ1) is 15.2. The molecule has 1 atom stereocenters. The predicted octanol–water partition coefficient (Wildman–Crippen LogP) is 2.99. The molecule has 1 unspecified atom stereocenters. The minimum Gasteiger partial charge on any atom is -0.435 e. The SMILES string of the molecule is NCCC1CCCCN1Cc1ccc(OC(F)F)cc1. The second kappa shape index (κ2) is 7.55. The molecule has 0 spiro atoms. The smallest absolute Gasteiger partial charge is 0.387 e. The first-order chi connectivity index (χ1) is 9.69. The summed E-state index contributed by atoms with van der Waals surface area (Å²) in [6.07, 6.45) is 4.70. The van der Waals surface area contributed by atoms with Crippen molar-refractivity contribution in [3.05, 3.63) is 29.8 Å². The fourth-order valence-corrected chi connectivity index (χ4v) is 2.80. The van der Waals surface area contributed by atoms with Crippen molar-refractivity contribution in [2.45, 2.75) is 44.9 Å². The van der Waals surface area contributed by atoms with Crippen molar-refractivity contribution in [2.75, 3.05) is 13.1 Å². The van der Waals surface area contributed by atoms with Gasteiger partial charge in [-0.15, -0.1) is 0 Å². The molecule has 1 aromatic carbocycles. The van der Waals surface area contributed by atoms with Gasteiger partial charge in [0.25, 0.3) is 0 Å². The van der Waals surface area contributed by atoms with Crippen LogP contribution in [0.1, 0.15) is 31.2 Å². The number of nitrogens with two attached hydrogens (primary N) is 1. The van der Waals surface area contributed by atoms with Crippen LogP contribution in [0.2, 0.25) is 0 Å². The monoisotopic (exact) mass is 284 g/mol. The number of hydrogen-bond donors (Lipinski definition) is 1. The molecule has 0 amide bonds. The van der Waals surface area contributed by atoms with Gasteiger partial charge >= 0.3 is 6.61 Å². The van der Waals surface area contributed by atoms with E-state index in [1.165, 1.54) is 19.3 Å². The van der Waals surface area contributed by atoms with Gasteiger partial charge in [-0.2, -0.15) is 8.78 Å². The molecule has 1 aromatic rings. The van der Waals surface area contributed by atoms with Crippen LogP contribution in [0.3, 0.4) is 0 Å². The van der Waals surface area contributed by atoms with Crippen LogP contribution in [0.4, 0.5) is 8.78 Å². The summed E-state index contributed by atoms with van der Waals surface area (Å²) < 4.78 is 28.5. The average molecular weight is 284 g/mol. The number of rotatable bonds is 6. The Labute approximate surface area is 118 Å². The Hall–Kier alpha value is -1.20. The highest BCUT2D eigenvalue weighted by molar-refractivity contribution is 5.27. The number of benzene rings is 1.